The maximum absolute atomic E-state index is 13.0. The smallest absolute Gasteiger partial charge is 0.416 e. The topological polar surface area (TPSA) is 101 Å². The molecule has 2 aromatic carbocycles. The van der Waals surface area contributed by atoms with Crippen LogP contribution in [0.4, 0.5) is 13.2 Å². The van der Waals surface area contributed by atoms with Crippen molar-refractivity contribution in [2.24, 2.45) is 0 Å². The van der Waals surface area contributed by atoms with Crippen molar-refractivity contribution >= 4 is 23.5 Å². The molecule has 0 bridgehead atoms. The highest BCUT2D eigenvalue weighted by Gasteiger charge is 2.32. The molecule has 1 fully saturated rings. The van der Waals surface area contributed by atoms with Gasteiger partial charge in [0.15, 0.2) is 11.4 Å². The third kappa shape index (κ3) is 6.19. The molecule has 1 aromatic heterocycles. The number of amides is 1. The van der Waals surface area contributed by atoms with Crippen molar-refractivity contribution in [1.29, 1.82) is 0 Å². The second-order valence-corrected chi connectivity index (χ2v) is 9.60. The van der Waals surface area contributed by atoms with Crippen LogP contribution in [0.1, 0.15) is 59.8 Å². The Balaban J connectivity index is 1.48. The number of carboxylic acid groups (broad SMARTS) is 1. The molecule has 1 amide bonds. The summed E-state index contributed by atoms with van der Waals surface area (Å²) in [7, 11) is 0. The van der Waals surface area contributed by atoms with Crippen LogP contribution in [0.5, 0.6) is 5.75 Å². The molecule has 0 saturated heterocycles. The Labute approximate surface area is 215 Å². The van der Waals surface area contributed by atoms with Crippen molar-refractivity contribution in [3.63, 3.8) is 0 Å². The lowest BCUT2D eigenvalue weighted by molar-refractivity contribution is -0.152. The molecule has 1 aliphatic rings. The quantitative estimate of drug-likeness (QED) is 0.376. The summed E-state index contributed by atoms with van der Waals surface area (Å²) in [5, 5.41) is 12.3. The number of halogens is 4. The van der Waals surface area contributed by atoms with Crippen LogP contribution in [0.3, 0.4) is 0 Å². The number of hydrogen-bond donors (Lipinski definition) is 2. The number of aliphatic carboxylic acids is 1. The standard InChI is InChI=1S/C26H23ClF3N3O4/c1-25(2,24(35)36)37-18-10-7-16(20(27)11-18)12-32-23(34)19-13-31-22(33-21(19)14-3-4-14)15-5-8-17(9-6-15)26(28,29)30/h5-11,13-14H,3-4,12H2,1-2H3,(H,32,34)(H,35,36). The normalized spacial score (nSPS) is 13.8. The van der Waals surface area contributed by atoms with Crippen LogP contribution in [-0.4, -0.2) is 32.6 Å². The van der Waals surface area contributed by atoms with E-state index in [0.717, 1.165) is 25.0 Å². The molecule has 0 spiro atoms. The Morgan fingerprint density at radius 3 is 2.38 bits per heavy atom. The van der Waals surface area contributed by atoms with Gasteiger partial charge in [-0.05, 0) is 56.5 Å². The van der Waals surface area contributed by atoms with Crippen LogP contribution in [0.15, 0.2) is 48.7 Å². The number of benzene rings is 2. The average molecular weight is 534 g/mol. The van der Waals surface area contributed by atoms with Crippen molar-refractivity contribution in [2.45, 2.75) is 50.9 Å². The predicted octanol–water partition coefficient (Wildman–Crippen LogP) is 5.87. The van der Waals surface area contributed by atoms with E-state index in [4.69, 9.17) is 16.3 Å². The van der Waals surface area contributed by atoms with Crippen molar-refractivity contribution in [3.8, 4) is 17.1 Å². The number of nitrogens with one attached hydrogen (secondary N) is 1. The molecule has 1 saturated carbocycles. The predicted molar refractivity (Wildman–Crippen MR) is 129 cm³/mol. The van der Waals surface area contributed by atoms with Crippen LogP contribution in [0, 0.1) is 0 Å². The zero-order valence-corrected chi connectivity index (χ0v) is 20.7. The summed E-state index contributed by atoms with van der Waals surface area (Å²) in [6, 6.07) is 9.23. The minimum atomic E-state index is -4.44. The van der Waals surface area contributed by atoms with E-state index in [9.17, 15) is 27.9 Å². The number of hydrogen-bond acceptors (Lipinski definition) is 5. The Kier molecular flexibility index (Phi) is 7.14. The minimum Gasteiger partial charge on any atom is -0.478 e. The first-order chi connectivity index (χ1) is 17.3. The lowest BCUT2D eigenvalue weighted by Gasteiger charge is -2.22. The summed E-state index contributed by atoms with van der Waals surface area (Å²) in [6.07, 6.45) is -1.35. The Bertz CT molecular complexity index is 1340. The molecule has 2 N–H and O–H groups in total. The number of carbonyl (C=O) groups is 2. The molecule has 37 heavy (non-hydrogen) atoms. The van der Waals surface area contributed by atoms with Crippen molar-refractivity contribution in [1.82, 2.24) is 15.3 Å². The summed E-state index contributed by atoms with van der Waals surface area (Å²) in [6.45, 7) is 2.92. The molecular weight excluding hydrogens is 511 g/mol. The number of ether oxygens (including phenoxy) is 1. The largest absolute Gasteiger partial charge is 0.478 e. The van der Waals surface area contributed by atoms with Gasteiger partial charge in [-0.1, -0.05) is 29.8 Å². The van der Waals surface area contributed by atoms with Gasteiger partial charge in [0.05, 0.1) is 16.8 Å². The Morgan fingerprint density at radius 2 is 1.81 bits per heavy atom. The van der Waals surface area contributed by atoms with Crippen molar-refractivity contribution < 1.29 is 32.6 Å². The number of rotatable bonds is 8. The molecule has 0 aliphatic heterocycles. The van der Waals surface area contributed by atoms with Crippen LogP contribution in [0.2, 0.25) is 5.02 Å². The lowest BCUT2D eigenvalue weighted by atomic mass is 10.1. The van der Waals surface area contributed by atoms with Gasteiger partial charge < -0.3 is 15.2 Å². The molecular formula is C26H23ClF3N3O4. The first-order valence-electron chi connectivity index (χ1n) is 11.4. The summed E-state index contributed by atoms with van der Waals surface area (Å²) in [5.41, 5.74) is -0.359. The van der Waals surface area contributed by atoms with E-state index < -0.39 is 29.2 Å². The van der Waals surface area contributed by atoms with Crippen LogP contribution < -0.4 is 10.1 Å². The fourth-order valence-corrected chi connectivity index (χ4v) is 3.77. The number of alkyl halides is 3. The van der Waals surface area contributed by atoms with Gasteiger partial charge in [0.1, 0.15) is 5.75 Å². The highest BCUT2D eigenvalue weighted by Crippen LogP contribution is 2.41. The summed E-state index contributed by atoms with van der Waals surface area (Å²) >= 11 is 6.31. The summed E-state index contributed by atoms with van der Waals surface area (Å²) in [4.78, 5) is 33.0. The first kappa shape index (κ1) is 26.4. The zero-order chi connectivity index (χ0) is 27.0. The molecule has 194 valence electrons. The maximum Gasteiger partial charge on any atom is 0.416 e. The van der Waals surface area contributed by atoms with E-state index in [1.165, 1.54) is 38.2 Å². The van der Waals surface area contributed by atoms with Gasteiger partial charge in [0.25, 0.3) is 5.91 Å². The number of nitrogens with zero attached hydrogens (tertiary/aromatic N) is 2. The van der Waals surface area contributed by atoms with E-state index in [0.29, 0.717) is 16.8 Å². The van der Waals surface area contributed by atoms with Crippen molar-refractivity contribution in [3.05, 3.63) is 76.1 Å². The summed E-state index contributed by atoms with van der Waals surface area (Å²) < 4.78 is 44.1. The van der Waals surface area contributed by atoms with Gasteiger partial charge in [-0.3, -0.25) is 4.79 Å². The maximum atomic E-state index is 13.0. The highest BCUT2D eigenvalue weighted by molar-refractivity contribution is 6.31. The average Bonchev–Trinajstić information content (AvgIpc) is 3.68. The van der Waals surface area contributed by atoms with E-state index in [2.05, 4.69) is 15.3 Å². The fraction of sp³-hybridized carbons (Fsp3) is 0.308. The number of carboxylic acids is 1. The molecule has 0 atom stereocenters. The summed E-state index contributed by atoms with van der Waals surface area (Å²) in [5.74, 6) is -0.942. The molecule has 11 heteroatoms. The van der Waals surface area contributed by atoms with Crippen LogP contribution in [0.25, 0.3) is 11.4 Å². The van der Waals surface area contributed by atoms with Gasteiger partial charge in [-0.25, -0.2) is 14.8 Å². The zero-order valence-electron chi connectivity index (χ0n) is 19.9. The second-order valence-electron chi connectivity index (χ2n) is 9.20. The Morgan fingerprint density at radius 1 is 1.14 bits per heavy atom. The van der Waals surface area contributed by atoms with Gasteiger partial charge in [-0.2, -0.15) is 13.2 Å². The number of carbonyl (C=O) groups excluding carboxylic acids is 1. The molecule has 4 rings (SSSR count). The second kappa shape index (κ2) is 10.0. The SMILES string of the molecule is CC(C)(Oc1ccc(CNC(=O)c2cnc(-c3ccc(C(F)(F)F)cc3)nc2C2CC2)c(Cl)c1)C(=O)O. The van der Waals surface area contributed by atoms with Crippen LogP contribution >= 0.6 is 11.6 Å². The fourth-order valence-electron chi connectivity index (χ4n) is 3.53. The van der Waals surface area contributed by atoms with Gasteiger partial charge in [-0.15, -0.1) is 0 Å². The third-order valence-corrected chi connectivity index (χ3v) is 6.20. The van der Waals surface area contributed by atoms with E-state index in [1.807, 2.05) is 0 Å². The molecule has 1 heterocycles. The molecule has 0 radical (unpaired) electrons. The minimum absolute atomic E-state index is 0.0783. The van der Waals surface area contributed by atoms with Gasteiger partial charge in [0.2, 0.25) is 0 Å². The van der Waals surface area contributed by atoms with E-state index in [-0.39, 0.29) is 34.6 Å². The number of aromatic nitrogens is 2. The van der Waals surface area contributed by atoms with Crippen molar-refractivity contribution in [2.75, 3.05) is 0 Å². The molecule has 1 aliphatic carbocycles. The van der Waals surface area contributed by atoms with Gasteiger partial charge >= 0.3 is 12.1 Å². The van der Waals surface area contributed by atoms with E-state index in [1.54, 1.807) is 12.1 Å². The first-order valence-corrected chi connectivity index (χ1v) is 11.8. The highest BCUT2D eigenvalue weighted by atomic mass is 35.5. The third-order valence-electron chi connectivity index (χ3n) is 5.85. The lowest BCUT2D eigenvalue weighted by Crippen LogP contribution is -2.37. The van der Waals surface area contributed by atoms with E-state index >= 15 is 0 Å². The Hall–Kier alpha value is -3.66. The molecule has 3 aromatic rings. The molecule has 0 unspecified atom stereocenters. The van der Waals surface area contributed by atoms with Crippen LogP contribution in [-0.2, 0) is 17.5 Å². The van der Waals surface area contributed by atoms with Gasteiger partial charge in [0, 0.05) is 29.2 Å². The monoisotopic (exact) mass is 533 g/mol. The molecule has 7 nitrogen and oxygen atoms in total.